The van der Waals surface area contributed by atoms with Gasteiger partial charge in [0.25, 0.3) is 0 Å². The van der Waals surface area contributed by atoms with Crippen molar-refractivity contribution in [1.29, 1.82) is 5.26 Å². The van der Waals surface area contributed by atoms with Crippen LogP contribution in [0.5, 0.6) is 0 Å². The second kappa shape index (κ2) is 9.22. The molecule has 1 fully saturated rings. The molecule has 168 valence electrons. The van der Waals surface area contributed by atoms with E-state index in [2.05, 4.69) is 37.0 Å². The van der Waals surface area contributed by atoms with Gasteiger partial charge in [0, 0.05) is 18.8 Å². The monoisotopic (exact) mass is 466 g/mol. The van der Waals surface area contributed by atoms with Crippen molar-refractivity contribution in [3.63, 3.8) is 0 Å². The van der Waals surface area contributed by atoms with Crippen molar-refractivity contribution in [3.8, 4) is 17.5 Å². The summed E-state index contributed by atoms with van der Waals surface area (Å²) in [6.45, 7) is 1.68. The van der Waals surface area contributed by atoms with Gasteiger partial charge in [0.15, 0.2) is 11.5 Å². The molecule has 2 unspecified atom stereocenters. The summed E-state index contributed by atoms with van der Waals surface area (Å²) in [7, 11) is 1.61. The van der Waals surface area contributed by atoms with Crippen LogP contribution < -0.4 is 10.6 Å². The number of nitriles is 1. The van der Waals surface area contributed by atoms with Crippen LogP contribution in [0.15, 0.2) is 36.7 Å². The minimum Gasteiger partial charge on any atom is -0.441 e. The number of carbonyl (C=O) groups is 2. The molecule has 0 aromatic carbocycles. The molecule has 0 spiro atoms. The lowest BCUT2D eigenvalue weighted by Gasteiger charge is -2.15. The van der Waals surface area contributed by atoms with Crippen molar-refractivity contribution in [2.75, 3.05) is 10.6 Å². The van der Waals surface area contributed by atoms with E-state index in [4.69, 9.17) is 21.6 Å². The highest BCUT2D eigenvalue weighted by atomic mass is 35.5. The molecule has 2 N–H and O–H groups in total. The van der Waals surface area contributed by atoms with Crippen LogP contribution in [-0.4, -0.2) is 37.0 Å². The fraction of sp³-hybridized carbons (Fsp3) is 0.286. The van der Waals surface area contributed by atoms with E-state index in [1.165, 1.54) is 10.9 Å². The Morgan fingerprint density at radius 3 is 2.79 bits per heavy atom. The molecule has 2 amide bonds. The van der Waals surface area contributed by atoms with E-state index in [1.54, 1.807) is 44.4 Å². The predicted molar refractivity (Wildman–Crippen MR) is 118 cm³/mol. The Hall–Kier alpha value is -4.04. The zero-order chi connectivity index (χ0) is 23.5. The molecule has 33 heavy (non-hydrogen) atoms. The lowest BCUT2D eigenvalue weighted by atomic mass is 10.2. The number of hydrogen-bond donors (Lipinski definition) is 2. The van der Waals surface area contributed by atoms with Crippen LogP contribution >= 0.6 is 11.6 Å². The van der Waals surface area contributed by atoms with E-state index >= 15 is 0 Å². The first-order valence-corrected chi connectivity index (χ1v) is 10.4. The van der Waals surface area contributed by atoms with Gasteiger partial charge in [0.2, 0.25) is 5.91 Å². The zero-order valence-corrected chi connectivity index (χ0v) is 18.4. The summed E-state index contributed by atoms with van der Waals surface area (Å²) in [5.74, 6) is -0.422. The van der Waals surface area contributed by atoms with E-state index in [0.717, 1.165) is 0 Å². The molecule has 11 nitrogen and oxygen atoms in total. The lowest BCUT2D eigenvalue weighted by molar-refractivity contribution is -0.117. The van der Waals surface area contributed by atoms with Crippen molar-refractivity contribution in [2.24, 2.45) is 18.9 Å². The Morgan fingerprint density at radius 1 is 1.30 bits per heavy atom. The summed E-state index contributed by atoms with van der Waals surface area (Å²) in [4.78, 5) is 32.9. The molecule has 0 radical (unpaired) electrons. The maximum Gasteiger partial charge on any atom is 0.413 e. The number of nitrogens with zero attached hydrogens (tertiary/aromatic N) is 6. The molecule has 3 aromatic rings. The third-order valence-corrected chi connectivity index (χ3v) is 5.44. The van der Waals surface area contributed by atoms with Gasteiger partial charge >= 0.3 is 6.09 Å². The number of aromatic nitrogens is 5. The summed E-state index contributed by atoms with van der Waals surface area (Å²) in [5, 5.41) is 22.5. The standard InChI is InChI=1S/C21H19ClN8O3/c1-11(14-4-3-7-24-18(14)22)33-21(32)27-19-17(28-29-30(19)2)16-6-5-13(10-25-16)26-20(31)15-8-12(15)9-23/h3-7,10-12,15H,8H2,1-2H3,(H,26,31)(H,27,32)/t11-,12?,15?/m1/s1. The van der Waals surface area contributed by atoms with Gasteiger partial charge in [-0.25, -0.2) is 14.5 Å². The Balaban J connectivity index is 1.43. The van der Waals surface area contributed by atoms with E-state index in [9.17, 15) is 9.59 Å². The van der Waals surface area contributed by atoms with E-state index in [1.807, 2.05) is 0 Å². The average Bonchev–Trinajstić information content (AvgIpc) is 3.52. The second-order valence-electron chi connectivity index (χ2n) is 7.47. The lowest BCUT2D eigenvalue weighted by Crippen LogP contribution is -2.18. The first-order valence-electron chi connectivity index (χ1n) is 10.0. The first-order chi connectivity index (χ1) is 15.9. The predicted octanol–water partition coefficient (Wildman–Crippen LogP) is 3.33. The summed E-state index contributed by atoms with van der Waals surface area (Å²) in [6, 6.07) is 8.81. The second-order valence-corrected chi connectivity index (χ2v) is 7.82. The van der Waals surface area contributed by atoms with Gasteiger partial charge in [0.1, 0.15) is 11.3 Å². The third kappa shape index (κ3) is 4.91. The normalized spacial score (nSPS) is 17.5. The summed E-state index contributed by atoms with van der Waals surface area (Å²) >= 11 is 6.06. The minimum absolute atomic E-state index is 0.205. The highest BCUT2D eigenvalue weighted by molar-refractivity contribution is 6.30. The van der Waals surface area contributed by atoms with Crippen LogP contribution in [0.4, 0.5) is 16.3 Å². The Morgan fingerprint density at radius 2 is 2.12 bits per heavy atom. The molecule has 0 saturated heterocycles. The smallest absolute Gasteiger partial charge is 0.413 e. The van der Waals surface area contributed by atoms with E-state index < -0.39 is 12.2 Å². The van der Waals surface area contributed by atoms with Crippen LogP contribution in [-0.2, 0) is 16.6 Å². The summed E-state index contributed by atoms with van der Waals surface area (Å²) in [5.41, 5.74) is 1.82. The van der Waals surface area contributed by atoms with Crippen molar-refractivity contribution in [3.05, 3.63) is 47.4 Å². The average molecular weight is 467 g/mol. The topological polar surface area (TPSA) is 148 Å². The van der Waals surface area contributed by atoms with Gasteiger partial charge in [-0.1, -0.05) is 22.9 Å². The Labute approximate surface area is 193 Å². The number of halogens is 1. The van der Waals surface area contributed by atoms with Crippen molar-refractivity contribution in [1.82, 2.24) is 25.0 Å². The van der Waals surface area contributed by atoms with Gasteiger partial charge < -0.3 is 10.1 Å². The molecule has 4 rings (SSSR count). The molecule has 0 bridgehead atoms. The van der Waals surface area contributed by atoms with Gasteiger partial charge in [-0.15, -0.1) is 5.10 Å². The van der Waals surface area contributed by atoms with Crippen LogP contribution in [0, 0.1) is 23.2 Å². The number of nitrogens with one attached hydrogen (secondary N) is 2. The largest absolute Gasteiger partial charge is 0.441 e. The highest BCUT2D eigenvalue weighted by Crippen LogP contribution is 2.38. The minimum atomic E-state index is -0.727. The molecule has 1 aliphatic carbocycles. The van der Waals surface area contributed by atoms with Crippen LogP contribution in [0.3, 0.4) is 0 Å². The molecule has 1 saturated carbocycles. The number of anilines is 2. The molecule has 3 heterocycles. The SMILES string of the molecule is C[C@@H](OC(=O)Nc1c(-c2ccc(NC(=O)C3CC3C#N)cn2)nnn1C)c1cccnc1Cl. The van der Waals surface area contributed by atoms with Gasteiger partial charge in [-0.05, 0) is 31.5 Å². The molecular weight excluding hydrogens is 448 g/mol. The Bertz CT molecular complexity index is 1240. The van der Waals surface area contributed by atoms with Crippen LogP contribution in [0.1, 0.15) is 25.0 Å². The van der Waals surface area contributed by atoms with Crippen LogP contribution in [0.25, 0.3) is 11.4 Å². The molecule has 12 heteroatoms. The Kier molecular flexibility index (Phi) is 6.19. The number of amides is 2. The molecule has 0 aliphatic heterocycles. The number of rotatable bonds is 6. The maximum absolute atomic E-state index is 12.5. The fourth-order valence-corrected chi connectivity index (χ4v) is 3.46. The number of pyridine rings is 2. The van der Waals surface area contributed by atoms with Crippen molar-refractivity contribution < 1.29 is 14.3 Å². The zero-order valence-electron chi connectivity index (χ0n) is 17.7. The van der Waals surface area contributed by atoms with Gasteiger partial charge in [-0.3, -0.25) is 15.1 Å². The van der Waals surface area contributed by atoms with Gasteiger partial charge in [-0.2, -0.15) is 5.26 Å². The summed E-state index contributed by atoms with van der Waals surface area (Å²) < 4.78 is 6.79. The molecule has 1 aliphatic rings. The quantitative estimate of drug-likeness (QED) is 0.525. The number of carbonyl (C=O) groups excluding carboxylic acids is 2. The van der Waals surface area contributed by atoms with Crippen LogP contribution in [0.2, 0.25) is 5.15 Å². The van der Waals surface area contributed by atoms with Gasteiger partial charge in [0.05, 0.1) is 35.5 Å². The first kappa shape index (κ1) is 22.2. The third-order valence-electron chi connectivity index (χ3n) is 5.12. The number of aryl methyl sites for hydroxylation is 1. The number of ether oxygens (including phenoxy) is 1. The fourth-order valence-electron chi connectivity index (χ4n) is 3.19. The maximum atomic E-state index is 12.5. The highest BCUT2D eigenvalue weighted by Gasteiger charge is 2.43. The molecule has 3 aromatic heterocycles. The van der Waals surface area contributed by atoms with Crippen molar-refractivity contribution >= 4 is 35.1 Å². The van der Waals surface area contributed by atoms with E-state index in [-0.39, 0.29) is 28.7 Å². The van der Waals surface area contributed by atoms with E-state index in [0.29, 0.717) is 29.1 Å². The molecule has 3 atom stereocenters. The van der Waals surface area contributed by atoms with Crippen molar-refractivity contribution in [2.45, 2.75) is 19.4 Å². The molecular formula is C21H19ClN8O3. The number of hydrogen-bond acceptors (Lipinski definition) is 8. The summed E-state index contributed by atoms with van der Waals surface area (Å²) in [6.07, 6.45) is 2.23.